The van der Waals surface area contributed by atoms with Gasteiger partial charge in [-0.25, -0.2) is 4.99 Å². The van der Waals surface area contributed by atoms with E-state index in [0.29, 0.717) is 30.0 Å². The van der Waals surface area contributed by atoms with E-state index in [2.05, 4.69) is 49.4 Å². The van der Waals surface area contributed by atoms with E-state index >= 15 is 0 Å². The van der Waals surface area contributed by atoms with Crippen LogP contribution in [0.25, 0.3) is 0 Å². The van der Waals surface area contributed by atoms with E-state index in [0.717, 1.165) is 87.5 Å². The zero-order valence-corrected chi connectivity index (χ0v) is 28.7. The minimum atomic E-state index is -0.312. The maximum absolute atomic E-state index is 13.8. The zero-order chi connectivity index (χ0) is 33.3. The summed E-state index contributed by atoms with van der Waals surface area (Å²) in [7, 11) is 3.57. The Morgan fingerprint density at radius 2 is 1.83 bits per heavy atom. The molecule has 0 unspecified atom stereocenters. The number of piperidine rings is 1. The van der Waals surface area contributed by atoms with Gasteiger partial charge in [0.25, 0.3) is 11.8 Å². The fraction of sp³-hybridized carbons (Fsp3) is 0.595. The van der Waals surface area contributed by atoms with E-state index in [1.54, 1.807) is 0 Å². The van der Waals surface area contributed by atoms with Gasteiger partial charge in [-0.1, -0.05) is 32.9 Å². The molecule has 2 amide bonds. The number of rotatable bonds is 9. The van der Waals surface area contributed by atoms with Gasteiger partial charge in [0.1, 0.15) is 24.8 Å². The maximum Gasteiger partial charge on any atom is 0.308 e. The Morgan fingerprint density at radius 3 is 2.53 bits per heavy atom. The minimum absolute atomic E-state index is 0.0559. The second-order valence-electron chi connectivity index (χ2n) is 15.2. The second kappa shape index (κ2) is 13.8. The van der Waals surface area contributed by atoms with Crippen LogP contribution >= 0.6 is 0 Å². The fourth-order valence-electron chi connectivity index (χ4n) is 7.62. The predicted molar refractivity (Wildman–Crippen MR) is 181 cm³/mol. The number of pyridine rings is 1. The van der Waals surface area contributed by atoms with Crippen molar-refractivity contribution in [2.75, 3.05) is 46.9 Å². The van der Waals surface area contributed by atoms with Crippen molar-refractivity contribution in [3.05, 3.63) is 58.4 Å². The van der Waals surface area contributed by atoms with E-state index in [4.69, 9.17) is 14.7 Å². The molecule has 0 radical (unpaired) electrons. The minimum Gasteiger partial charge on any atom is -0.469 e. The van der Waals surface area contributed by atoms with E-state index in [-0.39, 0.29) is 41.2 Å². The molecule has 10 heteroatoms. The average molecular weight is 644 g/mol. The Kier molecular flexibility index (Phi) is 9.80. The van der Waals surface area contributed by atoms with Gasteiger partial charge in [0, 0.05) is 24.2 Å². The van der Waals surface area contributed by atoms with Crippen LogP contribution < -0.4 is 15.5 Å². The topological polar surface area (TPSA) is 117 Å². The molecule has 0 saturated carbocycles. The quantitative estimate of drug-likeness (QED) is 0.362. The van der Waals surface area contributed by atoms with Crippen LogP contribution in [0.15, 0.2) is 35.3 Å². The van der Waals surface area contributed by atoms with Crippen molar-refractivity contribution in [2.24, 2.45) is 22.2 Å². The van der Waals surface area contributed by atoms with Gasteiger partial charge >= 0.3 is 5.97 Å². The predicted octanol–water partition coefficient (Wildman–Crippen LogP) is 2.62. The molecule has 3 aliphatic heterocycles. The summed E-state index contributed by atoms with van der Waals surface area (Å²) in [6.45, 7) is 11.1. The highest BCUT2D eigenvalue weighted by Crippen LogP contribution is 2.39. The smallest absolute Gasteiger partial charge is 0.308 e. The number of esters is 1. The maximum atomic E-state index is 13.8. The fourth-order valence-corrected chi connectivity index (χ4v) is 7.62. The summed E-state index contributed by atoms with van der Waals surface area (Å²) < 4.78 is 4.96. The molecule has 47 heavy (non-hydrogen) atoms. The molecule has 2 fully saturated rings. The molecule has 252 valence electrons. The number of benzene rings is 1. The first-order valence-corrected chi connectivity index (χ1v) is 17.4. The Balaban J connectivity index is 1.16. The SMILES string of the molecule is COC(=O)C1CCN(CC[C@@H](NC(=O)C2=Nc3cc4c(nc3C2)CC[C@H](C(C)(C)C)C4)c2cccc(C(=O)NC3C[NH+](C)C3)c2)CC1. The summed E-state index contributed by atoms with van der Waals surface area (Å²) in [5.41, 5.74) is 6.33. The first-order chi connectivity index (χ1) is 22.5. The zero-order valence-electron chi connectivity index (χ0n) is 28.7. The normalized spacial score (nSPS) is 23.5. The lowest BCUT2D eigenvalue weighted by Gasteiger charge is -2.34. The molecule has 2 atom stereocenters. The van der Waals surface area contributed by atoms with E-state index in [9.17, 15) is 14.4 Å². The van der Waals surface area contributed by atoms with Crippen molar-refractivity contribution in [3.63, 3.8) is 0 Å². The standard InChI is InChI=1S/C37H50N6O4/c1-37(2,3)27-9-10-29-26(18-27)19-31-32(39-29)20-33(40-31)35(45)41-30(13-16-43-14-11-23(12-15-43)36(46)47-5)24-7-6-8-25(17-24)34(44)38-28-21-42(4)22-28/h6-8,17,19,23,27-28,30H,9-16,18,20-22H2,1-5H3,(H,38,44)(H,41,45)/p+1/t27-,30+/m0/s1. The van der Waals surface area contributed by atoms with Crippen molar-refractivity contribution < 1.29 is 24.0 Å². The highest BCUT2D eigenvalue weighted by molar-refractivity contribution is 6.40. The number of likely N-dealkylation sites (tertiary alicyclic amines) is 2. The highest BCUT2D eigenvalue weighted by Gasteiger charge is 2.33. The molecule has 3 N–H and O–H groups in total. The van der Waals surface area contributed by atoms with Gasteiger partial charge in [-0.05, 0) is 92.3 Å². The van der Waals surface area contributed by atoms with Crippen LogP contribution in [0.3, 0.4) is 0 Å². The number of ether oxygens (including phenoxy) is 1. The Bertz CT molecular complexity index is 1530. The number of nitrogens with one attached hydrogen (secondary N) is 3. The number of aryl methyl sites for hydroxylation is 1. The number of likely N-dealkylation sites (N-methyl/N-ethyl adjacent to an activating group) is 1. The lowest BCUT2D eigenvalue weighted by atomic mass is 9.71. The lowest BCUT2D eigenvalue weighted by molar-refractivity contribution is -0.922. The Labute approximate surface area is 278 Å². The van der Waals surface area contributed by atoms with Crippen molar-refractivity contribution in [3.8, 4) is 0 Å². The van der Waals surface area contributed by atoms with Crippen molar-refractivity contribution in [1.29, 1.82) is 0 Å². The summed E-state index contributed by atoms with van der Waals surface area (Å²) in [5.74, 6) is 0.128. The number of hydrogen-bond acceptors (Lipinski definition) is 7. The molecule has 1 aromatic carbocycles. The van der Waals surface area contributed by atoms with Crippen molar-refractivity contribution in [2.45, 2.75) is 77.8 Å². The largest absolute Gasteiger partial charge is 0.469 e. The average Bonchev–Trinajstić information content (AvgIpc) is 3.47. The van der Waals surface area contributed by atoms with E-state index < -0.39 is 0 Å². The number of carbonyl (C=O) groups is 3. The van der Waals surface area contributed by atoms with Crippen LogP contribution in [0.5, 0.6) is 0 Å². The highest BCUT2D eigenvalue weighted by atomic mass is 16.5. The Morgan fingerprint density at radius 1 is 1.06 bits per heavy atom. The number of carbonyl (C=O) groups excluding carboxylic acids is 3. The van der Waals surface area contributed by atoms with Crippen LogP contribution in [0.1, 0.15) is 85.4 Å². The molecule has 10 nitrogen and oxygen atoms in total. The molecule has 4 heterocycles. The lowest BCUT2D eigenvalue weighted by Crippen LogP contribution is -3.19. The molecule has 1 aromatic heterocycles. The summed E-state index contributed by atoms with van der Waals surface area (Å²) in [4.78, 5) is 52.5. The number of aromatic nitrogens is 1. The van der Waals surface area contributed by atoms with Crippen molar-refractivity contribution >= 4 is 29.2 Å². The molecule has 0 spiro atoms. The molecule has 1 aliphatic carbocycles. The Hall–Kier alpha value is -3.63. The molecule has 2 saturated heterocycles. The molecule has 6 rings (SSSR count). The monoisotopic (exact) mass is 643 g/mol. The number of nitrogens with zero attached hydrogens (tertiary/aromatic N) is 3. The van der Waals surface area contributed by atoms with Crippen LogP contribution in [0.2, 0.25) is 0 Å². The van der Waals surface area contributed by atoms with E-state index in [1.807, 2.05) is 24.3 Å². The number of aliphatic imine (C=N–C) groups is 1. The number of amides is 2. The van der Waals surface area contributed by atoms with Gasteiger partial charge in [-0.15, -0.1) is 0 Å². The molecule has 2 aromatic rings. The first kappa shape index (κ1) is 33.3. The number of fused-ring (bicyclic) bond motifs is 2. The third kappa shape index (κ3) is 7.75. The molecular formula is C37H51N6O4+. The molecular weight excluding hydrogens is 592 g/mol. The second-order valence-corrected chi connectivity index (χ2v) is 15.2. The first-order valence-electron chi connectivity index (χ1n) is 17.4. The third-order valence-electron chi connectivity index (χ3n) is 10.8. The van der Waals surface area contributed by atoms with Gasteiger partial charge < -0.3 is 25.2 Å². The summed E-state index contributed by atoms with van der Waals surface area (Å²) in [6.07, 6.45) is 5.71. The van der Waals surface area contributed by atoms with Gasteiger partial charge in [0.15, 0.2) is 0 Å². The van der Waals surface area contributed by atoms with Crippen molar-refractivity contribution in [1.82, 2.24) is 20.5 Å². The van der Waals surface area contributed by atoms with Crippen LogP contribution in [0.4, 0.5) is 5.69 Å². The third-order valence-corrected chi connectivity index (χ3v) is 10.8. The van der Waals surface area contributed by atoms with Gasteiger partial charge in [-0.3, -0.25) is 19.4 Å². The molecule has 0 bridgehead atoms. The number of hydrogen-bond donors (Lipinski definition) is 3. The number of quaternary nitrogens is 1. The van der Waals surface area contributed by atoms with Crippen LogP contribution in [0, 0.1) is 17.3 Å². The summed E-state index contributed by atoms with van der Waals surface area (Å²) >= 11 is 0. The van der Waals surface area contributed by atoms with Gasteiger partial charge in [0.2, 0.25) is 0 Å². The van der Waals surface area contributed by atoms with Gasteiger partial charge in [0.05, 0.1) is 37.5 Å². The van der Waals surface area contributed by atoms with Crippen LogP contribution in [-0.2, 0) is 33.6 Å². The van der Waals surface area contributed by atoms with E-state index in [1.165, 1.54) is 17.6 Å². The summed E-state index contributed by atoms with van der Waals surface area (Å²) in [6, 6.07) is 9.66. The number of methoxy groups -OCH3 is 1. The molecule has 4 aliphatic rings. The summed E-state index contributed by atoms with van der Waals surface area (Å²) in [5, 5.41) is 6.43. The van der Waals surface area contributed by atoms with Crippen LogP contribution in [-0.4, -0.2) is 86.3 Å². The van der Waals surface area contributed by atoms with Gasteiger partial charge in [-0.2, -0.15) is 0 Å².